The molecule has 1 aliphatic carbocycles. The number of halogens is 1. The third-order valence-corrected chi connectivity index (χ3v) is 3.53. The van der Waals surface area contributed by atoms with E-state index in [2.05, 4.69) is 5.10 Å². The minimum Gasteiger partial charge on any atom is -0.382 e. The van der Waals surface area contributed by atoms with Crippen molar-refractivity contribution in [1.29, 1.82) is 0 Å². The van der Waals surface area contributed by atoms with Crippen LogP contribution in [0.25, 0.3) is 5.69 Å². The Morgan fingerprint density at radius 3 is 2.80 bits per heavy atom. The predicted octanol–water partition coefficient (Wildman–Crippen LogP) is 2.38. The number of rotatable bonds is 2. The van der Waals surface area contributed by atoms with E-state index in [9.17, 15) is 14.5 Å². The van der Waals surface area contributed by atoms with Crippen LogP contribution in [0.2, 0.25) is 0 Å². The van der Waals surface area contributed by atoms with Gasteiger partial charge in [0.15, 0.2) is 0 Å². The van der Waals surface area contributed by atoms with Crippen molar-refractivity contribution in [3.05, 3.63) is 45.4 Å². The Labute approximate surface area is 114 Å². The molecule has 2 N–H and O–H groups in total. The zero-order chi connectivity index (χ0) is 14.3. The number of nitrogen functional groups attached to an aromatic ring is 1. The molecule has 3 rings (SSSR count). The molecule has 7 heteroatoms. The quantitative estimate of drug-likeness (QED) is 0.673. The summed E-state index contributed by atoms with van der Waals surface area (Å²) in [5.74, 6) is -0.237. The molecular formula is C13H13FN4O2. The van der Waals surface area contributed by atoms with Gasteiger partial charge in [0.25, 0.3) is 5.69 Å². The molecule has 0 saturated carbocycles. The Balaban J connectivity index is 2.16. The fourth-order valence-corrected chi connectivity index (χ4v) is 2.63. The van der Waals surface area contributed by atoms with Crippen molar-refractivity contribution in [2.45, 2.75) is 25.7 Å². The number of non-ortho nitro benzene ring substituents is 1. The first-order chi connectivity index (χ1) is 9.56. The molecule has 1 heterocycles. The van der Waals surface area contributed by atoms with Crippen molar-refractivity contribution in [1.82, 2.24) is 9.78 Å². The van der Waals surface area contributed by atoms with E-state index >= 15 is 0 Å². The Morgan fingerprint density at radius 1 is 1.30 bits per heavy atom. The van der Waals surface area contributed by atoms with Crippen LogP contribution in [-0.4, -0.2) is 14.7 Å². The molecule has 0 amide bonds. The van der Waals surface area contributed by atoms with E-state index in [4.69, 9.17) is 5.73 Å². The number of nitro benzene ring substituents is 1. The Hall–Kier alpha value is -2.44. The number of nitro groups is 1. The molecule has 20 heavy (non-hydrogen) atoms. The van der Waals surface area contributed by atoms with Crippen LogP contribution in [0.5, 0.6) is 0 Å². The molecule has 0 aliphatic heterocycles. The molecule has 6 nitrogen and oxygen atoms in total. The average Bonchev–Trinajstić information content (AvgIpc) is 2.76. The van der Waals surface area contributed by atoms with Crippen LogP contribution in [0, 0.1) is 15.9 Å². The molecule has 0 bridgehead atoms. The van der Waals surface area contributed by atoms with Crippen molar-refractivity contribution in [2.75, 3.05) is 5.73 Å². The van der Waals surface area contributed by atoms with Gasteiger partial charge in [-0.15, -0.1) is 0 Å². The summed E-state index contributed by atoms with van der Waals surface area (Å²) in [6, 6.07) is 3.43. The first kappa shape index (κ1) is 12.6. The summed E-state index contributed by atoms with van der Waals surface area (Å²) in [5.41, 5.74) is 7.82. The van der Waals surface area contributed by atoms with E-state index in [1.54, 1.807) is 0 Å². The van der Waals surface area contributed by atoms with Gasteiger partial charge in [0.2, 0.25) is 0 Å². The van der Waals surface area contributed by atoms with E-state index in [1.807, 2.05) is 0 Å². The van der Waals surface area contributed by atoms with Crippen LogP contribution >= 0.6 is 0 Å². The number of nitrogens with zero attached hydrogens (tertiary/aromatic N) is 3. The van der Waals surface area contributed by atoms with Gasteiger partial charge in [-0.05, 0) is 25.7 Å². The highest BCUT2D eigenvalue weighted by atomic mass is 19.1. The number of aromatic nitrogens is 2. The van der Waals surface area contributed by atoms with Crippen LogP contribution in [-0.2, 0) is 12.8 Å². The summed E-state index contributed by atoms with van der Waals surface area (Å²) in [7, 11) is 0. The van der Waals surface area contributed by atoms with Crippen LogP contribution in [0.3, 0.4) is 0 Å². The van der Waals surface area contributed by atoms with Crippen molar-refractivity contribution in [2.24, 2.45) is 0 Å². The van der Waals surface area contributed by atoms with Crippen LogP contribution in [0.15, 0.2) is 18.2 Å². The number of hydrogen-bond acceptors (Lipinski definition) is 4. The molecule has 104 valence electrons. The van der Waals surface area contributed by atoms with Crippen molar-refractivity contribution in [3.8, 4) is 5.69 Å². The van der Waals surface area contributed by atoms with E-state index in [-0.39, 0.29) is 5.69 Å². The van der Waals surface area contributed by atoms with E-state index < -0.39 is 10.7 Å². The zero-order valence-electron chi connectivity index (χ0n) is 10.7. The number of fused-ring (bicyclic) bond motifs is 1. The molecule has 0 unspecified atom stereocenters. The van der Waals surface area contributed by atoms with Crippen molar-refractivity contribution >= 4 is 11.5 Å². The fraction of sp³-hybridized carbons (Fsp3) is 0.308. The average molecular weight is 276 g/mol. The molecule has 0 spiro atoms. The lowest BCUT2D eigenvalue weighted by Crippen LogP contribution is -2.08. The van der Waals surface area contributed by atoms with Gasteiger partial charge < -0.3 is 5.73 Å². The summed E-state index contributed by atoms with van der Waals surface area (Å²) in [6.07, 6.45) is 3.70. The maximum absolute atomic E-state index is 13.5. The van der Waals surface area contributed by atoms with E-state index in [0.717, 1.165) is 43.0 Å². The molecule has 2 aromatic rings. The lowest BCUT2D eigenvalue weighted by Gasteiger charge is -2.13. The SMILES string of the molecule is Nc1nn(-c2cc(F)cc([N+](=O)[O-])c2)c2c1CCCC2. The molecule has 1 aromatic carbocycles. The Kier molecular flexibility index (Phi) is 2.89. The number of nitrogens with two attached hydrogens (primary N) is 1. The second-order valence-corrected chi connectivity index (χ2v) is 4.85. The second-order valence-electron chi connectivity index (χ2n) is 4.85. The highest BCUT2D eigenvalue weighted by molar-refractivity contribution is 5.50. The molecular weight excluding hydrogens is 263 g/mol. The van der Waals surface area contributed by atoms with Crippen LogP contribution in [0.4, 0.5) is 15.9 Å². The topological polar surface area (TPSA) is 87.0 Å². The van der Waals surface area contributed by atoms with Gasteiger partial charge in [0, 0.05) is 23.4 Å². The van der Waals surface area contributed by atoms with Gasteiger partial charge in [-0.1, -0.05) is 0 Å². The number of hydrogen-bond donors (Lipinski definition) is 1. The van der Waals surface area contributed by atoms with Gasteiger partial charge in [0.1, 0.15) is 11.6 Å². The lowest BCUT2D eigenvalue weighted by molar-refractivity contribution is -0.385. The minimum atomic E-state index is -0.659. The molecule has 0 atom stereocenters. The predicted molar refractivity (Wildman–Crippen MR) is 71.2 cm³/mol. The summed E-state index contributed by atoms with van der Waals surface area (Å²) in [5, 5.41) is 15.0. The van der Waals surface area contributed by atoms with Crippen LogP contribution < -0.4 is 5.73 Å². The Bertz CT molecular complexity index is 696. The fourth-order valence-electron chi connectivity index (χ4n) is 2.63. The summed E-state index contributed by atoms with van der Waals surface area (Å²) in [6.45, 7) is 0. The molecule has 1 aromatic heterocycles. The molecule has 1 aliphatic rings. The van der Waals surface area contributed by atoms with E-state index in [0.29, 0.717) is 11.5 Å². The number of anilines is 1. The first-order valence-electron chi connectivity index (χ1n) is 6.38. The maximum Gasteiger partial charge on any atom is 0.274 e. The van der Waals surface area contributed by atoms with Gasteiger partial charge in [-0.25, -0.2) is 9.07 Å². The summed E-state index contributed by atoms with van der Waals surface area (Å²) < 4.78 is 15.1. The van der Waals surface area contributed by atoms with Crippen molar-refractivity contribution < 1.29 is 9.31 Å². The smallest absolute Gasteiger partial charge is 0.274 e. The van der Waals surface area contributed by atoms with Crippen LogP contribution in [0.1, 0.15) is 24.1 Å². The zero-order valence-corrected chi connectivity index (χ0v) is 10.7. The van der Waals surface area contributed by atoms with Gasteiger partial charge >= 0.3 is 0 Å². The van der Waals surface area contributed by atoms with Gasteiger partial charge in [0.05, 0.1) is 16.7 Å². The minimum absolute atomic E-state index is 0.293. The molecule has 0 saturated heterocycles. The van der Waals surface area contributed by atoms with Gasteiger partial charge in [-0.2, -0.15) is 5.10 Å². The third kappa shape index (κ3) is 2.01. The van der Waals surface area contributed by atoms with Crippen molar-refractivity contribution in [3.63, 3.8) is 0 Å². The number of benzene rings is 1. The molecule has 0 radical (unpaired) electrons. The largest absolute Gasteiger partial charge is 0.382 e. The van der Waals surface area contributed by atoms with Gasteiger partial charge in [-0.3, -0.25) is 10.1 Å². The maximum atomic E-state index is 13.5. The third-order valence-electron chi connectivity index (χ3n) is 3.53. The van der Waals surface area contributed by atoms with E-state index in [1.165, 1.54) is 16.8 Å². The molecule has 0 fully saturated rings. The summed E-state index contributed by atoms with van der Waals surface area (Å²) in [4.78, 5) is 10.2. The summed E-state index contributed by atoms with van der Waals surface area (Å²) >= 11 is 0. The second kappa shape index (κ2) is 4.59. The highest BCUT2D eigenvalue weighted by Gasteiger charge is 2.21. The standard InChI is InChI=1S/C13H13FN4O2/c14-8-5-9(7-10(6-8)18(19)20)17-12-4-2-1-3-11(12)13(15)16-17/h5-7H,1-4H2,(H2,15,16). The first-order valence-corrected chi connectivity index (χ1v) is 6.38. The Morgan fingerprint density at radius 2 is 2.05 bits per heavy atom. The highest BCUT2D eigenvalue weighted by Crippen LogP contribution is 2.29. The monoisotopic (exact) mass is 276 g/mol. The lowest BCUT2D eigenvalue weighted by atomic mass is 9.97. The normalized spacial score (nSPS) is 14.1.